The zero-order chi connectivity index (χ0) is 29.8. The average Bonchev–Trinajstić information content (AvgIpc) is 2.93. The Balaban J connectivity index is 1.88. The van der Waals surface area contributed by atoms with Gasteiger partial charge in [0.05, 0.1) is 11.9 Å². The molecular formula is C32H40BrN3O4S. The first-order valence-corrected chi connectivity index (χ1v) is 16.6. The summed E-state index contributed by atoms with van der Waals surface area (Å²) in [7, 11) is -3.56. The maximum Gasteiger partial charge on any atom is 0.243 e. The number of rotatable bonds is 15. The Morgan fingerprint density at radius 2 is 1.61 bits per heavy atom. The summed E-state index contributed by atoms with van der Waals surface area (Å²) in [6.45, 7) is 4.88. The van der Waals surface area contributed by atoms with E-state index in [-0.39, 0.29) is 31.3 Å². The summed E-state index contributed by atoms with van der Waals surface area (Å²) in [6.07, 6.45) is 3.75. The molecule has 1 N–H and O–H groups in total. The van der Waals surface area contributed by atoms with Gasteiger partial charge in [0, 0.05) is 36.9 Å². The van der Waals surface area contributed by atoms with Crippen molar-refractivity contribution in [1.82, 2.24) is 10.2 Å². The molecule has 3 aromatic rings. The molecule has 2 amide bonds. The van der Waals surface area contributed by atoms with E-state index in [4.69, 9.17) is 0 Å². The van der Waals surface area contributed by atoms with Gasteiger partial charge in [0.2, 0.25) is 21.8 Å². The lowest BCUT2D eigenvalue weighted by molar-refractivity contribution is -0.141. The van der Waals surface area contributed by atoms with E-state index < -0.39 is 16.1 Å². The van der Waals surface area contributed by atoms with Crippen molar-refractivity contribution < 1.29 is 18.0 Å². The van der Waals surface area contributed by atoms with Gasteiger partial charge >= 0.3 is 0 Å². The van der Waals surface area contributed by atoms with Crippen LogP contribution in [-0.2, 0) is 32.6 Å². The van der Waals surface area contributed by atoms with Crippen LogP contribution in [0, 0.1) is 6.92 Å². The predicted octanol–water partition coefficient (Wildman–Crippen LogP) is 5.86. The molecule has 0 heterocycles. The fraction of sp³-hybridized carbons (Fsp3) is 0.375. The van der Waals surface area contributed by atoms with Crippen molar-refractivity contribution in [2.75, 3.05) is 23.7 Å². The maximum absolute atomic E-state index is 13.9. The lowest BCUT2D eigenvalue weighted by Crippen LogP contribution is -2.50. The number of halogens is 1. The minimum atomic E-state index is -3.56. The molecule has 0 aromatic heterocycles. The Kier molecular flexibility index (Phi) is 12.4. The normalized spacial score (nSPS) is 12.0. The topological polar surface area (TPSA) is 86.8 Å². The zero-order valence-electron chi connectivity index (χ0n) is 24.1. The summed E-state index contributed by atoms with van der Waals surface area (Å²) in [4.78, 5) is 29.1. The number of sulfonamides is 1. The first-order chi connectivity index (χ1) is 19.6. The molecule has 9 heteroatoms. The highest BCUT2D eigenvalue weighted by molar-refractivity contribution is 9.10. The minimum Gasteiger partial charge on any atom is -0.354 e. The van der Waals surface area contributed by atoms with Crippen LogP contribution in [-0.4, -0.2) is 50.5 Å². The molecule has 0 bridgehead atoms. The van der Waals surface area contributed by atoms with Gasteiger partial charge in [-0.15, -0.1) is 0 Å². The Labute approximate surface area is 253 Å². The lowest BCUT2D eigenvalue weighted by Gasteiger charge is -2.32. The Morgan fingerprint density at radius 3 is 2.27 bits per heavy atom. The van der Waals surface area contributed by atoms with Crippen LogP contribution in [0.5, 0.6) is 0 Å². The molecular weight excluding hydrogens is 602 g/mol. The molecule has 1 unspecified atom stereocenters. The molecule has 0 saturated heterocycles. The monoisotopic (exact) mass is 641 g/mol. The van der Waals surface area contributed by atoms with Crippen molar-refractivity contribution in [3.63, 3.8) is 0 Å². The number of nitrogens with one attached hydrogen (secondary N) is 1. The number of amides is 2. The second-order valence-corrected chi connectivity index (χ2v) is 13.0. The number of hydrogen-bond donors (Lipinski definition) is 1. The van der Waals surface area contributed by atoms with E-state index in [1.165, 1.54) is 10.6 Å². The summed E-state index contributed by atoms with van der Waals surface area (Å²) < 4.78 is 27.6. The number of nitrogens with zero attached hydrogens (tertiary/aromatic N) is 2. The van der Waals surface area contributed by atoms with E-state index in [1.54, 1.807) is 17.0 Å². The maximum atomic E-state index is 13.9. The van der Waals surface area contributed by atoms with Gasteiger partial charge in [-0.25, -0.2) is 8.42 Å². The SMILES string of the molecule is CCCCNC(=O)C(Cc1ccccc1)N(Cc1cccc(Br)c1)C(=O)CCCN(c1ccccc1C)S(C)(=O)=O. The van der Waals surface area contributed by atoms with Crippen molar-refractivity contribution >= 4 is 43.5 Å². The predicted molar refractivity (Wildman–Crippen MR) is 169 cm³/mol. The highest BCUT2D eigenvalue weighted by Gasteiger charge is 2.30. The third-order valence-corrected chi connectivity index (χ3v) is 8.55. The molecule has 3 rings (SSSR count). The zero-order valence-corrected chi connectivity index (χ0v) is 26.5. The van der Waals surface area contributed by atoms with Crippen molar-refractivity contribution in [2.24, 2.45) is 0 Å². The first-order valence-electron chi connectivity index (χ1n) is 14.0. The minimum absolute atomic E-state index is 0.0967. The van der Waals surface area contributed by atoms with Crippen molar-refractivity contribution in [2.45, 2.75) is 58.5 Å². The second kappa shape index (κ2) is 15.7. The molecule has 0 radical (unpaired) electrons. The molecule has 1 atom stereocenters. The van der Waals surface area contributed by atoms with E-state index in [0.29, 0.717) is 25.1 Å². The average molecular weight is 643 g/mol. The van der Waals surface area contributed by atoms with Gasteiger partial charge in [-0.3, -0.25) is 13.9 Å². The van der Waals surface area contributed by atoms with Gasteiger partial charge in [0.25, 0.3) is 0 Å². The van der Waals surface area contributed by atoms with Crippen LogP contribution in [0.4, 0.5) is 5.69 Å². The number of benzene rings is 3. The highest BCUT2D eigenvalue weighted by atomic mass is 79.9. The molecule has 3 aromatic carbocycles. The van der Waals surface area contributed by atoms with Crippen LogP contribution >= 0.6 is 15.9 Å². The molecule has 7 nitrogen and oxygen atoms in total. The highest BCUT2D eigenvalue weighted by Crippen LogP contribution is 2.23. The van der Waals surface area contributed by atoms with E-state index >= 15 is 0 Å². The van der Waals surface area contributed by atoms with Gasteiger partial charge in [-0.05, 0) is 54.7 Å². The fourth-order valence-electron chi connectivity index (χ4n) is 4.72. The largest absolute Gasteiger partial charge is 0.354 e. The van der Waals surface area contributed by atoms with Crippen molar-refractivity contribution in [3.05, 3.63) is 100 Å². The number of carbonyl (C=O) groups is 2. The van der Waals surface area contributed by atoms with Gasteiger partial charge in [0.1, 0.15) is 6.04 Å². The third-order valence-electron chi connectivity index (χ3n) is 6.88. The summed E-state index contributed by atoms with van der Waals surface area (Å²) in [6, 6.07) is 24.0. The lowest BCUT2D eigenvalue weighted by atomic mass is 10.0. The number of carbonyl (C=O) groups excluding carboxylic acids is 2. The Morgan fingerprint density at radius 1 is 0.927 bits per heavy atom. The fourth-order valence-corrected chi connectivity index (χ4v) is 6.19. The molecule has 220 valence electrons. The Hall–Kier alpha value is -3.17. The number of anilines is 1. The molecule has 0 fully saturated rings. The molecule has 0 aliphatic rings. The van der Waals surface area contributed by atoms with Gasteiger partial charge in [-0.1, -0.05) is 89.9 Å². The summed E-state index contributed by atoms with van der Waals surface area (Å²) in [5, 5.41) is 3.03. The molecule has 0 saturated carbocycles. The smallest absolute Gasteiger partial charge is 0.243 e. The van der Waals surface area contributed by atoms with Crippen LogP contribution in [0.15, 0.2) is 83.3 Å². The van der Waals surface area contributed by atoms with Crippen LogP contribution in [0.2, 0.25) is 0 Å². The van der Waals surface area contributed by atoms with Gasteiger partial charge < -0.3 is 10.2 Å². The van der Waals surface area contributed by atoms with E-state index in [0.717, 1.165) is 34.0 Å². The van der Waals surface area contributed by atoms with E-state index in [9.17, 15) is 18.0 Å². The van der Waals surface area contributed by atoms with Gasteiger partial charge in [-0.2, -0.15) is 0 Å². The quantitative estimate of drug-likeness (QED) is 0.211. The second-order valence-electron chi connectivity index (χ2n) is 10.2. The first kappa shape index (κ1) is 32.3. The molecule has 0 aliphatic heterocycles. The van der Waals surface area contributed by atoms with Crippen LogP contribution in [0.25, 0.3) is 0 Å². The van der Waals surface area contributed by atoms with Crippen LogP contribution in [0.1, 0.15) is 49.3 Å². The number of aryl methyl sites for hydroxylation is 1. The Bertz CT molecular complexity index is 1400. The molecule has 41 heavy (non-hydrogen) atoms. The van der Waals surface area contributed by atoms with E-state index in [1.807, 2.05) is 73.7 Å². The molecule has 0 spiro atoms. The van der Waals surface area contributed by atoms with Crippen molar-refractivity contribution in [3.8, 4) is 0 Å². The third kappa shape index (κ3) is 10.0. The number of unbranched alkanes of at least 4 members (excludes halogenated alkanes) is 1. The summed E-state index contributed by atoms with van der Waals surface area (Å²) in [5.41, 5.74) is 3.29. The van der Waals surface area contributed by atoms with Crippen LogP contribution in [0.3, 0.4) is 0 Å². The standard InChI is InChI=1S/C32H40BrN3O4S/c1-4-5-20-34-32(38)30(23-26-14-7-6-8-15-26)35(24-27-16-11-17-28(33)22-27)31(37)19-12-21-36(41(3,39)40)29-18-10-9-13-25(29)2/h6-11,13-18,22,30H,4-5,12,19-21,23-24H2,1-3H3,(H,34,38). The van der Waals surface area contributed by atoms with Crippen molar-refractivity contribution in [1.29, 1.82) is 0 Å². The molecule has 0 aliphatic carbocycles. The summed E-state index contributed by atoms with van der Waals surface area (Å²) >= 11 is 3.51. The van der Waals surface area contributed by atoms with Gasteiger partial charge in [0.15, 0.2) is 0 Å². The van der Waals surface area contributed by atoms with Crippen LogP contribution < -0.4 is 9.62 Å². The number of para-hydroxylation sites is 1. The number of hydrogen-bond acceptors (Lipinski definition) is 4. The van der Waals surface area contributed by atoms with E-state index in [2.05, 4.69) is 28.2 Å². The summed E-state index contributed by atoms with van der Waals surface area (Å²) in [5.74, 6) is -0.391.